The Hall–Kier alpha value is -2.87. The van der Waals surface area contributed by atoms with Gasteiger partial charge in [-0.1, -0.05) is 36.4 Å². The zero-order valence-electron chi connectivity index (χ0n) is 16.6. The summed E-state index contributed by atoms with van der Waals surface area (Å²) in [4.78, 5) is 27.2. The summed E-state index contributed by atoms with van der Waals surface area (Å²) in [7, 11) is -3.11. The van der Waals surface area contributed by atoms with Crippen LogP contribution in [0.2, 0.25) is 0 Å². The van der Waals surface area contributed by atoms with Crippen LogP contribution < -0.4 is 4.74 Å². The summed E-state index contributed by atoms with van der Waals surface area (Å²) >= 11 is 0. The predicted octanol–water partition coefficient (Wildman–Crippen LogP) is 2.50. The summed E-state index contributed by atoms with van der Waals surface area (Å²) in [5, 5.41) is 0. The molecule has 0 aromatic heterocycles. The molecule has 2 aliphatic rings. The summed E-state index contributed by atoms with van der Waals surface area (Å²) in [6.45, 7) is 1.72. The zero-order chi connectivity index (χ0) is 21.3. The third-order valence-corrected chi connectivity index (χ3v) is 7.31. The van der Waals surface area contributed by atoms with E-state index in [2.05, 4.69) is 0 Å². The van der Waals surface area contributed by atoms with Gasteiger partial charge in [0.25, 0.3) is 5.91 Å². The van der Waals surface area contributed by atoms with Crippen LogP contribution in [0.15, 0.2) is 48.5 Å². The fraction of sp³-hybridized carbons (Fsp3) is 0.364. The quantitative estimate of drug-likeness (QED) is 0.679. The van der Waals surface area contributed by atoms with Gasteiger partial charge in [0.1, 0.15) is 17.4 Å². The minimum atomic E-state index is -3.11. The van der Waals surface area contributed by atoms with Gasteiger partial charge < -0.3 is 14.4 Å². The Kier molecular flexibility index (Phi) is 5.51. The van der Waals surface area contributed by atoms with E-state index >= 15 is 0 Å². The van der Waals surface area contributed by atoms with E-state index in [-0.39, 0.29) is 23.5 Å². The molecule has 0 N–H and O–H groups in total. The number of ether oxygens (including phenoxy) is 2. The van der Waals surface area contributed by atoms with Crippen LogP contribution in [-0.4, -0.2) is 55.9 Å². The highest BCUT2D eigenvalue weighted by molar-refractivity contribution is 7.91. The highest BCUT2D eigenvalue weighted by atomic mass is 32.2. The average molecular weight is 429 g/mol. The van der Waals surface area contributed by atoms with Gasteiger partial charge >= 0.3 is 5.97 Å². The highest BCUT2D eigenvalue weighted by Gasteiger charge is 2.36. The average Bonchev–Trinajstić information content (AvgIpc) is 3.10. The van der Waals surface area contributed by atoms with E-state index < -0.39 is 28.3 Å². The number of hydrogen-bond donors (Lipinski definition) is 0. The van der Waals surface area contributed by atoms with Crippen molar-refractivity contribution in [1.29, 1.82) is 0 Å². The van der Waals surface area contributed by atoms with E-state index in [1.807, 2.05) is 24.3 Å². The van der Waals surface area contributed by atoms with Gasteiger partial charge in [-0.25, -0.2) is 8.42 Å². The van der Waals surface area contributed by atoms with Crippen molar-refractivity contribution in [2.24, 2.45) is 0 Å². The molecule has 1 saturated heterocycles. The fourth-order valence-electron chi connectivity index (χ4n) is 4.12. The normalized spacial score (nSPS) is 19.3. The molecule has 2 aromatic rings. The molecule has 0 radical (unpaired) electrons. The van der Waals surface area contributed by atoms with Gasteiger partial charge in [-0.05, 0) is 25.5 Å². The van der Waals surface area contributed by atoms with Gasteiger partial charge in [0.05, 0.1) is 11.5 Å². The van der Waals surface area contributed by atoms with Crippen molar-refractivity contribution < 1.29 is 27.5 Å². The number of benzene rings is 2. The molecule has 1 unspecified atom stereocenters. The second-order valence-corrected chi connectivity index (χ2v) is 9.68. The summed E-state index contributed by atoms with van der Waals surface area (Å²) in [5.74, 6) is -0.422. The molecule has 4 rings (SSSR count). The highest BCUT2D eigenvalue weighted by Crippen LogP contribution is 2.44. The van der Waals surface area contributed by atoms with Gasteiger partial charge in [0, 0.05) is 23.7 Å². The summed E-state index contributed by atoms with van der Waals surface area (Å²) in [5.41, 5.74) is 1.37. The number of esters is 1. The van der Waals surface area contributed by atoms with Crippen molar-refractivity contribution in [2.45, 2.75) is 25.3 Å². The van der Waals surface area contributed by atoms with Crippen molar-refractivity contribution in [3.63, 3.8) is 0 Å². The molecule has 1 fully saturated rings. The molecule has 2 heterocycles. The van der Waals surface area contributed by atoms with Crippen molar-refractivity contribution >= 4 is 21.7 Å². The Bertz CT molecular complexity index is 1040. The second-order valence-electron chi connectivity index (χ2n) is 7.46. The van der Waals surface area contributed by atoms with Crippen LogP contribution in [0.3, 0.4) is 0 Å². The lowest BCUT2D eigenvalue weighted by atomic mass is 9.88. The van der Waals surface area contributed by atoms with Crippen LogP contribution >= 0.6 is 0 Å². The minimum absolute atomic E-state index is 0.0404. The Morgan fingerprint density at radius 2 is 1.67 bits per heavy atom. The largest absolute Gasteiger partial charge is 0.457 e. The van der Waals surface area contributed by atoms with Gasteiger partial charge in [0.15, 0.2) is 16.4 Å². The molecule has 2 aliphatic heterocycles. The van der Waals surface area contributed by atoms with Gasteiger partial charge in [-0.15, -0.1) is 0 Å². The van der Waals surface area contributed by atoms with Crippen LogP contribution in [0.5, 0.6) is 11.5 Å². The maximum atomic E-state index is 13.0. The first-order valence-corrected chi connectivity index (χ1v) is 11.7. The standard InChI is InChI=1S/C22H23NO6S/c1-2-23(15-11-12-30(26,27)14-15)20(24)13-28-22(25)21-16-7-3-5-9-18(16)29-19-10-6-4-8-17(19)21/h3-10,15,21H,2,11-14H2,1H3. The minimum Gasteiger partial charge on any atom is -0.457 e. The van der Waals surface area contributed by atoms with Gasteiger partial charge in [-0.3, -0.25) is 9.59 Å². The number of sulfone groups is 1. The fourth-order valence-corrected chi connectivity index (χ4v) is 5.85. The van der Waals surface area contributed by atoms with Crippen LogP contribution in [0.4, 0.5) is 0 Å². The Morgan fingerprint density at radius 1 is 1.07 bits per heavy atom. The van der Waals surface area contributed by atoms with Crippen LogP contribution in [-0.2, 0) is 24.2 Å². The lowest BCUT2D eigenvalue weighted by molar-refractivity contribution is -0.153. The molecule has 1 amide bonds. The molecule has 8 heteroatoms. The molecule has 0 bridgehead atoms. The predicted molar refractivity (Wildman–Crippen MR) is 110 cm³/mol. The van der Waals surface area contributed by atoms with Gasteiger partial charge in [-0.2, -0.15) is 0 Å². The molecule has 158 valence electrons. The number of nitrogens with zero attached hydrogens (tertiary/aromatic N) is 1. The van der Waals surface area contributed by atoms with Crippen molar-refractivity contribution in [1.82, 2.24) is 4.90 Å². The first kappa shape index (κ1) is 20.4. The first-order valence-electron chi connectivity index (χ1n) is 9.92. The molecule has 0 saturated carbocycles. The van der Waals surface area contributed by atoms with E-state index in [0.717, 1.165) is 0 Å². The summed E-state index contributed by atoms with van der Waals surface area (Å²) in [6.07, 6.45) is 0.413. The van der Waals surface area contributed by atoms with Crippen LogP contribution in [0.1, 0.15) is 30.4 Å². The monoisotopic (exact) mass is 429 g/mol. The number of para-hydroxylation sites is 2. The molecule has 7 nitrogen and oxygen atoms in total. The number of rotatable bonds is 5. The maximum Gasteiger partial charge on any atom is 0.318 e. The number of fused-ring (bicyclic) bond motifs is 2. The first-order chi connectivity index (χ1) is 14.4. The zero-order valence-corrected chi connectivity index (χ0v) is 17.4. The van der Waals surface area contributed by atoms with E-state index in [1.165, 1.54) is 4.90 Å². The smallest absolute Gasteiger partial charge is 0.318 e. The Labute approximate surface area is 175 Å². The Morgan fingerprint density at radius 3 is 2.20 bits per heavy atom. The van der Waals surface area contributed by atoms with E-state index in [0.29, 0.717) is 35.6 Å². The number of likely N-dealkylation sites (N-methyl/N-ethyl adjacent to an activating group) is 1. The van der Waals surface area contributed by atoms with Crippen LogP contribution in [0, 0.1) is 0 Å². The van der Waals surface area contributed by atoms with E-state index in [9.17, 15) is 18.0 Å². The van der Waals surface area contributed by atoms with E-state index in [4.69, 9.17) is 9.47 Å². The summed E-state index contributed by atoms with van der Waals surface area (Å²) in [6, 6.07) is 14.1. The third kappa shape index (κ3) is 3.92. The van der Waals surface area contributed by atoms with Crippen LogP contribution in [0.25, 0.3) is 0 Å². The molecular formula is C22H23NO6S. The van der Waals surface area contributed by atoms with Crippen molar-refractivity contribution in [2.75, 3.05) is 24.7 Å². The van der Waals surface area contributed by atoms with Crippen molar-refractivity contribution in [3.05, 3.63) is 59.7 Å². The molecule has 0 aliphatic carbocycles. The third-order valence-electron chi connectivity index (χ3n) is 5.56. The lowest BCUT2D eigenvalue weighted by Gasteiger charge is -2.28. The summed E-state index contributed by atoms with van der Waals surface area (Å²) < 4.78 is 34.8. The molecular weight excluding hydrogens is 406 g/mol. The number of amides is 1. The van der Waals surface area contributed by atoms with E-state index in [1.54, 1.807) is 31.2 Å². The Balaban J connectivity index is 1.50. The topological polar surface area (TPSA) is 90.0 Å². The molecule has 2 aromatic carbocycles. The van der Waals surface area contributed by atoms with Gasteiger partial charge in [0.2, 0.25) is 0 Å². The van der Waals surface area contributed by atoms with Crippen molar-refractivity contribution in [3.8, 4) is 11.5 Å². The second kappa shape index (κ2) is 8.10. The number of carbonyl (C=O) groups is 2. The molecule has 0 spiro atoms. The number of carbonyl (C=O) groups excluding carboxylic acids is 2. The SMILES string of the molecule is CCN(C(=O)COC(=O)C1c2ccccc2Oc2ccccc21)C1CCS(=O)(=O)C1. The molecule has 1 atom stereocenters. The lowest BCUT2D eigenvalue weighted by Crippen LogP contribution is -2.43. The number of hydrogen-bond acceptors (Lipinski definition) is 6. The molecule has 30 heavy (non-hydrogen) atoms. The maximum absolute atomic E-state index is 13.0.